The van der Waals surface area contributed by atoms with Gasteiger partial charge in [-0.1, -0.05) is 84.9 Å². The molecule has 0 bridgehead atoms. The van der Waals surface area contributed by atoms with Crippen molar-refractivity contribution in [2.24, 2.45) is 5.73 Å². The fourth-order valence-corrected chi connectivity index (χ4v) is 4.87. The zero-order valence-corrected chi connectivity index (χ0v) is 20.7. The molecular formula is C30H28N6O. The number of amides is 1. The van der Waals surface area contributed by atoms with Crippen molar-refractivity contribution in [3.8, 4) is 22.4 Å². The van der Waals surface area contributed by atoms with E-state index in [1.54, 1.807) is 16.5 Å². The number of carbonyl (C=O) groups excluding carboxylic acids is 1. The van der Waals surface area contributed by atoms with E-state index in [2.05, 4.69) is 34.3 Å². The third-order valence-corrected chi connectivity index (χ3v) is 7.20. The maximum absolute atomic E-state index is 13.1. The van der Waals surface area contributed by atoms with E-state index in [0.29, 0.717) is 12.3 Å². The molecule has 0 aliphatic heterocycles. The molecule has 0 radical (unpaired) electrons. The summed E-state index contributed by atoms with van der Waals surface area (Å²) in [5.74, 6) is 0.243. The second kappa shape index (κ2) is 9.26. The zero-order chi connectivity index (χ0) is 25.4. The van der Waals surface area contributed by atoms with Crippen LogP contribution in [0.5, 0.6) is 0 Å². The number of carbonyl (C=O) groups is 1. The number of hydrogen-bond acceptors (Lipinski definition) is 5. The molecule has 0 saturated heterocycles. The van der Waals surface area contributed by atoms with Crippen LogP contribution in [0.2, 0.25) is 0 Å². The molecule has 7 heteroatoms. The van der Waals surface area contributed by atoms with Crippen LogP contribution < -0.4 is 5.73 Å². The van der Waals surface area contributed by atoms with Crippen molar-refractivity contribution in [3.63, 3.8) is 0 Å². The molecule has 2 heterocycles. The van der Waals surface area contributed by atoms with Gasteiger partial charge in [0.05, 0.1) is 5.69 Å². The lowest BCUT2D eigenvalue weighted by Gasteiger charge is -2.38. The van der Waals surface area contributed by atoms with Crippen molar-refractivity contribution >= 4 is 11.7 Å². The number of benzene rings is 3. The van der Waals surface area contributed by atoms with E-state index in [0.717, 1.165) is 46.4 Å². The van der Waals surface area contributed by atoms with E-state index in [-0.39, 0.29) is 17.3 Å². The molecular weight excluding hydrogens is 460 g/mol. The smallest absolute Gasteiger partial charge is 0.293 e. The topological polar surface area (TPSA) is 89.4 Å². The molecule has 0 spiro atoms. The van der Waals surface area contributed by atoms with Crippen LogP contribution in [0.15, 0.2) is 91.1 Å². The molecule has 1 aliphatic rings. The van der Waals surface area contributed by atoms with Crippen LogP contribution in [0.4, 0.5) is 0 Å². The van der Waals surface area contributed by atoms with Crippen molar-refractivity contribution in [3.05, 3.63) is 108 Å². The highest BCUT2D eigenvalue weighted by Crippen LogP contribution is 2.39. The largest absolute Gasteiger partial charge is 0.335 e. The number of rotatable bonds is 6. The normalized spacial score (nSPS) is 14.3. The molecule has 6 rings (SSSR count). The minimum Gasteiger partial charge on any atom is -0.335 e. The summed E-state index contributed by atoms with van der Waals surface area (Å²) in [6, 6.07) is 28.3. The van der Waals surface area contributed by atoms with Crippen LogP contribution in [-0.4, -0.2) is 37.4 Å². The molecule has 3 aromatic carbocycles. The van der Waals surface area contributed by atoms with Gasteiger partial charge in [0.15, 0.2) is 0 Å². The van der Waals surface area contributed by atoms with Gasteiger partial charge < -0.3 is 10.6 Å². The van der Waals surface area contributed by atoms with Gasteiger partial charge in [-0.15, -0.1) is 5.10 Å². The predicted octanol–water partition coefficient (Wildman–Crippen LogP) is 5.07. The second-order valence-corrected chi connectivity index (χ2v) is 9.78. The molecule has 7 nitrogen and oxygen atoms in total. The molecule has 1 aliphatic carbocycles. The standard InChI is InChI=1S/C30H28N6O/c1-35(19-21-9-4-2-5-10-21)28(37)27-33-29-32-26(23-13-15-24(16-14-23)30(31)17-8-18-30)25(20-36(29)34-27)22-11-6-3-7-12-22/h2-7,9-16,20H,8,17-19,31H2,1H3. The van der Waals surface area contributed by atoms with Gasteiger partial charge in [-0.3, -0.25) is 4.79 Å². The molecule has 184 valence electrons. The van der Waals surface area contributed by atoms with Crippen LogP contribution in [-0.2, 0) is 12.1 Å². The number of fused-ring (bicyclic) bond motifs is 1. The molecule has 0 atom stereocenters. The molecule has 1 amide bonds. The lowest BCUT2D eigenvalue weighted by Crippen LogP contribution is -2.43. The summed E-state index contributed by atoms with van der Waals surface area (Å²) in [7, 11) is 1.75. The van der Waals surface area contributed by atoms with Crippen LogP contribution in [0.3, 0.4) is 0 Å². The van der Waals surface area contributed by atoms with Gasteiger partial charge in [-0.05, 0) is 36.0 Å². The van der Waals surface area contributed by atoms with Crippen molar-refractivity contribution in [2.75, 3.05) is 7.05 Å². The molecule has 2 aromatic heterocycles. The SMILES string of the molecule is CN(Cc1ccccc1)C(=O)c1nc2nc(-c3ccc(C4(N)CCC4)cc3)c(-c3ccccc3)cn2n1. The van der Waals surface area contributed by atoms with Crippen molar-refractivity contribution in [2.45, 2.75) is 31.3 Å². The lowest BCUT2D eigenvalue weighted by molar-refractivity contribution is 0.0773. The summed E-state index contributed by atoms with van der Waals surface area (Å²) < 4.78 is 1.59. The van der Waals surface area contributed by atoms with Crippen molar-refractivity contribution in [1.82, 2.24) is 24.5 Å². The van der Waals surface area contributed by atoms with Crippen LogP contribution in [0, 0.1) is 0 Å². The van der Waals surface area contributed by atoms with Crippen LogP contribution >= 0.6 is 0 Å². The first kappa shape index (κ1) is 23.1. The van der Waals surface area contributed by atoms with E-state index in [4.69, 9.17) is 10.7 Å². The number of nitrogens with two attached hydrogens (primary N) is 1. The maximum atomic E-state index is 13.1. The minimum atomic E-state index is -0.254. The summed E-state index contributed by atoms with van der Waals surface area (Å²) in [4.78, 5) is 24.1. The monoisotopic (exact) mass is 488 g/mol. The van der Waals surface area contributed by atoms with Gasteiger partial charge in [0.25, 0.3) is 11.7 Å². The summed E-state index contributed by atoms with van der Waals surface area (Å²) in [5, 5.41) is 4.50. The fraction of sp³-hybridized carbons (Fsp3) is 0.200. The van der Waals surface area contributed by atoms with Gasteiger partial charge in [0.2, 0.25) is 5.82 Å². The third kappa shape index (κ3) is 4.38. The average Bonchev–Trinajstić information content (AvgIpc) is 3.35. The Balaban J connectivity index is 1.38. The van der Waals surface area contributed by atoms with Gasteiger partial charge in [0.1, 0.15) is 0 Å². The fourth-order valence-electron chi connectivity index (χ4n) is 4.87. The lowest BCUT2D eigenvalue weighted by atomic mass is 9.72. The third-order valence-electron chi connectivity index (χ3n) is 7.20. The highest BCUT2D eigenvalue weighted by atomic mass is 16.2. The Labute approximate surface area is 215 Å². The number of nitrogens with zero attached hydrogens (tertiary/aromatic N) is 5. The van der Waals surface area contributed by atoms with Gasteiger partial charge in [-0.25, -0.2) is 9.50 Å². The first-order chi connectivity index (χ1) is 18.0. The Kier molecular flexibility index (Phi) is 5.77. The average molecular weight is 489 g/mol. The Morgan fingerprint density at radius 3 is 2.24 bits per heavy atom. The number of hydrogen-bond donors (Lipinski definition) is 1. The molecule has 2 N–H and O–H groups in total. The minimum absolute atomic E-state index is 0.118. The highest BCUT2D eigenvalue weighted by Gasteiger charge is 2.34. The molecule has 1 saturated carbocycles. The summed E-state index contributed by atoms with van der Waals surface area (Å²) in [5.41, 5.74) is 12.2. The van der Waals surface area contributed by atoms with E-state index in [1.807, 2.05) is 66.9 Å². The summed E-state index contributed by atoms with van der Waals surface area (Å²) in [6.07, 6.45) is 5.10. The first-order valence-corrected chi connectivity index (χ1v) is 12.5. The Bertz CT molecular complexity index is 1560. The predicted molar refractivity (Wildman–Crippen MR) is 144 cm³/mol. The van der Waals surface area contributed by atoms with Crippen molar-refractivity contribution < 1.29 is 4.79 Å². The van der Waals surface area contributed by atoms with Crippen LogP contribution in [0.1, 0.15) is 41.0 Å². The number of aromatic nitrogens is 4. The Morgan fingerprint density at radius 2 is 1.59 bits per heavy atom. The van der Waals surface area contributed by atoms with Crippen molar-refractivity contribution in [1.29, 1.82) is 0 Å². The molecule has 37 heavy (non-hydrogen) atoms. The van der Waals surface area contributed by atoms with E-state index in [1.165, 1.54) is 6.42 Å². The first-order valence-electron chi connectivity index (χ1n) is 12.5. The van der Waals surface area contributed by atoms with E-state index in [9.17, 15) is 4.79 Å². The molecule has 1 fully saturated rings. The van der Waals surface area contributed by atoms with Gasteiger partial charge in [-0.2, -0.15) is 4.98 Å². The van der Waals surface area contributed by atoms with E-state index < -0.39 is 0 Å². The summed E-state index contributed by atoms with van der Waals surface area (Å²) in [6.45, 7) is 0.470. The van der Waals surface area contributed by atoms with Crippen LogP contribution in [0.25, 0.3) is 28.2 Å². The maximum Gasteiger partial charge on any atom is 0.293 e. The molecule has 0 unspecified atom stereocenters. The zero-order valence-electron chi connectivity index (χ0n) is 20.7. The van der Waals surface area contributed by atoms with E-state index >= 15 is 0 Å². The Morgan fingerprint density at radius 1 is 0.919 bits per heavy atom. The quantitative estimate of drug-likeness (QED) is 0.361. The summed E-state index contributed by atoms with van der Waals surface area (Å²) >= 11 is 0. The van der Waals surface area contributed by atoms with Gasteiger partial charge in [0, 0.05) is 36.5 Å². The molecule has 5 aromatic rings. The second-order valence-electron chi connectivity index (χ2n) is 9.78. The highest BCUT2D eigenvalue weighted by molar-refractivity contribution is 5.91. The Hall–Kier alpha value is -4.36. The van der Waals surface area contributed by atoms with Gasteiger partial charge >= 0.3 is 0 Å².